The first-order valence-electron chi connectivity index (χ1n) is 5.33. The first-order chi connectivity index (χ1) is 7.72. The molecule has 4 heteroatoms. The van der Waals surface area contributed by atoms with Gasteiger partial charge in [0.05, 0.1) is 13.2 Å². The fraction of sp³-hybridized carbons (Fsp3) is 0.417. The summed E-state index contributed by atoms with van der Waals surface area (Å²) in [6, 6.07) is 7.69. The van der Waals surface area contributed by atoms with Crippen molar-refractivity contribution < 1.29 is 9.53 Å². The molecule has 0 aromatic heterocycles. The molecule has 1 rings (SSSR count). The van der Waals surface area contributed by atoms with Gasteiger partial charge in [-0.3, -0.25) is 4.79 Å². The lowest BCUT2D eigenvalue weighted by molar-refractivity contribution is -0.141. The SMILES string of the molecule is CCOC(=O)CNCCc1ccc(Cl)cc1. The molecule has 0 fully saturated rings. The Morgan fingerprint density at radius 2 is 2.06 bits per heavy atom. The van der Waals surface area contributed by atoms with E-state index in [0.717, 1.165) is 18.0 Å². The van der Waals surface area contributed by atoms with E-state index in [1.807, 2.05) is 24.3 Å². The summed E-state index contributed by atoms with van der Waals surface area (Å²) >= 11 is 5.77. The molecule has 16 heavy (non-hydrogen) atoms. The number of esters is 1. The van der Waals surface area contributed by atoms with Gasteiger partial charge >= 0.3 is 5.97 Å². The van der Waals surface area contributed by atoms with E-state index in [-0.39, 0.29) is 12.5 Å². The van der Waals surface area contributed by atoms with Gasteiger partial charge in [0, 0.05) is 5.02 Å². The van der Waals surface area contributed by atoms with Crippen LogP contribution in [0.5, 0.6) is 0 Å². The first kappa shape index (κ1) is 13.0. The molecule has 1 N–H and O–H groups in total. The molecule has 0 amide bonds. The summed E-state index contributed by atoms with van der Waals surface area (Å²) in [5.41, 5.74) is 1.20. The first-order valence-corrected chi connectivity index (χ1v) is 5.71. The zero-order valence-electron chi connectivity index (χ0n) is 9.33. The van der Waals surface area contributed by atoms with Crippen molar-refractivity contribution >= 4 is 17.6 Å². The third kappa shape index (κ3) is 5.14. The number of ether oxygens (including phenoxy) is 1. The molecule has 0 aliphatic rings. The predicted molar refractivity (Wildman–Crippen MR) is 64.7 cm³/mol. The third-order valence-electron chi connectivity index (χ3n) is 2.08. The summed E-state index contributed by atoms with van der Waals surface area (Å²) in [4.78, 5) is 11.0. The number of carbonyl (C=O) groups is 1. The van der Waals surface area contributed by atoms with Gasteiger partial charge in [-0.2, -0.15) is 0 Å². The summed E-state index contributed by atoms with van der Waals surface area (Å²) in [6.45, 7) is 3.24. The van der Waals surface area contributed by atoms with Gasteiger partial charge in [-0.15, -0.1) is 0 Å². The van der Waals surface area contributed by atoms with Crippen molar-refractivity contribution in [3.63, 3.8) is 0 Å². The van der Waals surface area contributed by atoms with Crippen LogP contribution in [0.1, 0.15) is 12.5 Å². The Morgan fingerprint density at radius 1 is 1.38 bits per heavy atom. The lowest BCUT2D eigenvalue weighted by atomic mass is 10.1. The number of halogens is 1. The zero-order valence-corrected chi connectivity index (χ0v) is 10.1. The van der Waals surface area contributed by atoms with Crippen LogP contribution in [0.15, 0.2) is 24.3 Å². The number of hydrogen-bond acceptors (Lipinski definition) is 3. The average molecular weight is 242 g/mol. The predicted octanol–water partition coefficient (Wildman–Crippen LogP) is 2.04. The number of hydrogen-bond donors (Lipinski definition) is 1. The summed E-state index contributed by atoms with van der Waals surface area (Å²) < 4.78 is 4.79. The van der Waals surface area contributed by atoms with Gasteiger partial charge in [-0.1, -0.05) is 23.7 Å². The van der Waals surface area contributed by atoms with Crippen molar-refractivity contribution in [1.82, 2.24) is 5.32 Å². The van der Waals surface area contributed by atoms with Crippen LogP contribution in [0.3, 0.4) is 0 Å². The molecule has 0 atom stereocenters. The van der Waals surface area contributed by atoms with Crippen LogP contribution in [0.2, 0.25) is 5.02 Å². The van der Waals surface area contributed by atoms with Gasteiger partial charge in [-0.25, -0.2) is 0 Å². The van der Waals surface area contributed by atoms with E-state index in [4.69, 9.17) is 16.3 Å². The van der Waals surface area contributed by atoms with Crippen molar-refractivity contribution in [3.8, 4) is 0 Å². The molecular formula is C12H16ClNO2. The minimum atomic E-state index is -0.210. The highest BCUT2D eigenvalue weighted by Crippen LogP contribution is 2.09. The topological polar surface area (TPSA) is 38.3 Å². The molecule has 1 aromatic rings. The summed E-state index contributed by atoms with van der Waals surface area (Å²) in [5.74, 6) is -0.210. The van der Waals surface area contributed by atoms with Crippen LogP contribution in [-0.2, 0) is 16.0 Å². The second-order valence-electron chi connectivity index (χ2n) is 3.36. The molecule has 0 saturated heterocycles. The van der Waals surface area contributed by atoms with Crippen LogP contribution < -0.4 is 5.32 Å². The highest BCUT2D eigenvalue weighted by Gasteiger charge is 1.99. The van der Waals surface area contributed by atoms with Crippen LogP contribution in [-0.4, -0.2) is 25.7 Å². The van der Waals surface area contributed by atoms with Crippen LogP contribution in [0.25, 0.3) is 0 Å². The molecule has 0 spiro atoms. The minimum Gasteiger partial charge on any atom is -0.465 e. The van der Waals surface area contributed by atoms with E-state index < -0.39 is 0 Å². The lowest BCUT2D eigenvalue weighted by Crippen LogP contribution is -2.26. The molecule has 0 heterocycles. The maximum atomic E-state index is 11.0. The van der Waals surface area contributed by atoms with E-state index in [1.54, 1.807) is 6.92 Å². The maximum Gasteiger partial charge on any atom is 0.319 e. The monoisotopic (exact) mass is 241 g/mol. The van der Waals surface area contributed by atoms with Gasteiger partial charge in [0.15, 0.2) is 0 Å². The highest BCUT2D eigenvalue weighted by molar-refractivity contribution is 6.30. The largest absolute Gasteiger partial charge is 0.465 e. The maximum absolute atomic E-state index is 11.0. The van der Waals surface area contributed by atoms with Crippen molar-refractivity contribution in [2.24, 2.45) is 0 Å². The summed E-state index contributed by atoms with van der Waals surface area (Å²) in [5, 5.41) is 3.76. The second-order valence-corrected chi connectivity index (χ2v) is 3.79. The molecule has 0 unspecified atom stereocenters. The molecule has 0 aliphatic carbocycles. The second kappa shape index (κ2) is 7.25. The fourth-order valence-electron chi connectivity index (χ4n) is 1.29. The standard InChI is InChI=1S/C12H16ClNO2/c1-2-16-12(15)9-14-8-7-10-3-5-11(13)6-4-10/h3-6,14H,2,7-9H2,1H3. The molecule has 3 nitrogen and oxygen atoms in total. The third-order valence-corrected chi connectivity index (χ3v) is 2.33. The lowest BCUT2D eigenvalue weighted by Gasteiger charge is -2.04. The molecule has 0 aliphatic heterocycles. The number of rotatable bonds is 6. The Morgan fingerprint density at radius 3 is 2.69 bits per heavy atom. The number of benzene rings is 1. The summed E-state index contributed by atoms with van der Waals surface area (Å²) in [7, 11) is 0. The minimum absolute atomic E-state index is 0.210. The number of carbonyl (C=O) groups excluding carboxylic acids is 1. The van der Waals surface area contributed by atoms with Gasteiger partial charge in [0.2, 0.25) is 0 Å². The molecule has 0 saturated carbocycles. The molecule has 1 aromatic carbocycles. The molecule has 0 radical (unpaired) electrons. The van der Waals surface area contributed by atoms with Crippen molar-refractivity contribution in [1.29, 1.82) is 0 Å². The molecule has 88 valence electrons. The molecular weight excluding hydrogens is 226 g/mol. The van der Waals surface area contributed by atoms with Crippen molar-refractivity contribution in [2.75, 3.05) is 19.7 Å². The normalized spacial score (nSPS) is 10.1. The van der Waals surface area contributed by atoms with Crippen LogP contribution in [0.4, 0.5) is 0 Å². The van der Waals surface area contributed by atoms with E-state index in [1.165, 1.54) is 5.56 Å². The van der Waals surface area contributed by atoms with E-state index >= 15 is 0 Å². The van der Waals surface area contributed by atoms with Gasteiger partial charge in [0.25, 0.3) is 0 Å². The average Bonchev–Trinajstić information content (AvgIpc) is 2.27. The van der Waals surface area contributed by atoms with Crippen LogP contribution in [0, 0.1) is 0 Å². The van der Waals surface area contributed by atoms with Gasteiger partial charge in [0.1, 0.15) is 0 Å². The number of nitrogens with one attached hydrogen (secondary N) is 1. The Bertz CT molecular complexity index is 324. The molecule has 0 bridgehead atoms. The van der Waals surface area contributed by atoms with Gasteiger partial charge < -0.3 is 10.1 Å². The Kier molecular flexibility index (Phi) is 5.90. The van der Waals surface area contributed by atoms with E-state index in [9.17, 15) is 4.79 Å². The fourth-order valence-corrected chi connectivity index (χ4v) is 1.41. The Balaban J connectivity index is 2.16. The zero-order chi connectivity index (χ0) is 11.8. The van der Waals surface area contributed by atoms with Crippen LogP contribution >= 0.6 is 11.6 Å². The van der Waals surface area contributed by atoms with Crippen molar-refractivity contribution in [2.45, 2.75) is 13.3 Å². The summed E-state index contributed by atoms with van der Waals surface area (Å²) in [6.07, 6.45) is 0.872. The van der Waals surface area contributed by atoms with E-state index in [2.05, 4.69) is 5.32 Å². The van der Waals surface area contributed by atoms with E-state index in [0.29, 0.717) is 6.61 Å². The Labute approximate surface area is 101 Å². The highest BCUT2D eigenvalue weighted by atomic mass is 35.5. The Hall–Kier alpha value is -1.06. The quantitative estimate of drug-likeness (QED) is 0.612. The smallest absolute Gasteiger partial charge is 0.319 e. The van der Waals surface area contributed by atoms with Gasteiger partial charge in [-0.05, 0) is 37.6 Å². The van der Waals surface area contributed by atoms with Crippen molar-refractivity contribution in [3.05, 3.63) is 34.9 Å².